The fourth-order valence-electron chi connectivity index (χ4n) is 1.89. The maximum absolute atomic E-state index is 4.23. The molecule has 1 N–H and O–H groups in total. The van der Waals surface area contributed by atoms with Crippen molar-refractivity contribution in [2.24, 2.45) is 18.4 Å². The minimum Gasteiger partial charge on any atom is -0.315 e. The van der Waals surface area contributed by atoms with E-state index in [2.05, 4.69) is 34.6 Å². The fraction of sp³-hybridized carbons (Fsp3) is 0.889. The molecule has 0 aromatic carbocycles. The van der Waals surface area contributed by atoms with Crippen molar-refractivity contribution in [1.29, 1.82) is 0 Å². The Hall–Kier alpha value is -0.970. The summed E-state index contributed by atoms with van der Waals surface area (Å²) in [6.45, 7) is 6.67. The van der Waals surface area contributed by atoms with Crippen molar-refractivity contribution in [2.75, 3.05) is 13.1 Å². The predicted octanol–water partition coefficient (Wildman–Crippen LogP) is -0.00180. The molecule has 0 unspecified atom stereocenters. The van der Waals surface area contributed by atoms with Crippen molar-refractivity contribution in [2.45, 2.75) is 20.3 Å². The minimum atomic E-state index is 0.350. The summed E-state index contributed by atoms with van der Waals surface area (Å²) in [4.78, 5) is 1.52. The molecule has 1 saturated heterocycles. The Morgan fingerprint density at radius 1 is 1.50 bits per heavy atom. The van der Waals surface area contributed by atoms with Crippen LogP contribution in [0.4, 0.5) is 0 Å². The van der Waals surface area contributed by atoms with Crippen LogP contribution < -0.4 is 5.32 Å². The Labute approximate surface area is 83.9 Å². The molecule has 0 amide bonds. The van der Waals surface area contributed by atoms with E-state index in [4.69, 9.17) is 0 Å². The van der Waals surface area contributed by atoms with Crippen LogP contribution in [0.15, 0.2) is 0 Å². The van der Waals surface area contributed by atoms with Gasteiger partial charge in [-0.15, -0.1) is 10.2 Å². The van der Waals surface area contributed by atoms with Gasteiger partial charge in [-0.3, -0.25) is 0 Å². The molecule has 1 aromatic heterocycles. The first-order valence-corrected chi connectivity index (χ1v) is 5.06. The predicted molar refractivity (Wildman–Crippen MR) is 52.6 cm³/mol. The first-order chi connectivity index (χ1) is 6.62. The zero-order chi connectivity index (χ0) is 10.2. The van der Waals surface area contributed by atoms with E-state index in [9.17, 15) is 0 Å². The van der Waals surface area contributed by atoms with Gasteiger partial charge in [0.1, 0.15) is 0 Å². The highest BCUT2D eigenvalue weighted by Crippen LogP contribution is 2.34. The van der Waals surface area contributed by atoms with Crippen LogP contribution in [0.3, 0.4) is 0 Å². The van der Waals surface area contributed by atoms with Crippen LogP contribution in [0, 0.1) is 11.3 Å². The summed E-state index contributed by atoms with van der Waals surface area (Å²) in [5.41, 5.74) is 0.350. The monoisotopic (exact) mass is 195 g/mol. The summed E-state index contributed by atoms with van der Waals surface area (Å²) in [5.74, 6) is 1.52. The second kappa shape index (κ2) is 3.31. The van der Waals surface area contributed by atoms with Crippen LogP contribution in [-0.2, 0) is 13.5 Å². The fourth-order valence-corrected chi connectivity index (χ4v) is 1.89. The van der Waals surface area contributed by atoms with Gasteiger partial charge < -0.3 is 5.32 Å². The number of rotatable bonds is 3. The standard InChI is InChI=1S/C9H17N5/c1-7(2)9(5-10-6-9)4-8-11-13-14(3)12-8/h7,10H,4-6H2,1-3H3. The van der Waals surface area contributed by atoms with Gasteiger partial charge in [0, 0.05) is 24.9 Å². The molecule has 0 radical (unpaired) electrons. The van der Waals surface area contributed by atoms with Crippen molar-refractivity contribution < 1.29 is 0 Å². The molecule has 2 heterocycles. The van der Waals surface area contributed by atoms with Crippen LogP contribution >= 0.6 is 0 Å². The molecule has 0 atom stereocenters. The van der Waals surface area contributed by atoms with E-state index < -0.39 is 0 Å². The van der Waals surface area contributed by atoms with E-state index in [0.29, 0.717) is 11.3 Å². The normalized spacial score (nSPS) is 19.7. The Kier molecular flexibility index (Phi) is 2.26. The zero-order valence-electron chi connectivity index (χ0n) is 8.99. The number of hydrogen-bond donors (Lipinski definition) is 1. The van der Waals surface area contributed by atoms with Gasteiger partial charge in [0.2, 0.25) is 0 Å². The molecule has 2 rings (SSSR count). The second-order valence-electron chi connectivity index (χ2n) is 4.49. The molecule has 1 aliphatic rings. The molecule has 1 aliphatic heterocycles. The first kappa shape index (κ1) is 9.58. The molecule has 0 saturated carbocycles. The molecule has 14 heavy (non-hydrogen) atoms. The van der Waals surface area contributed by atoms with E-state index in [0.717, 1.165) is 25.3 Å². The summed E-state index contributed by atoms with van der Waals surface area (Å²) in [6.07, 6.45) is 0.936. The first-order valence-electron chi connectivity index (χ1n) is 5.06. The van der Waals surface area contributed by atoms with E-state index in [1.54, 1.807) is 7.05 Å². The largest absolute Gasteiger partial charge is 0.315 e. The lowest BCUT2D eigenvalue weighted by molar-refractivity contribution is 0.0966. The van der Waals surface area contributed by atoms with Crippen molar-refractivity contribution >= 4 is 0 Å². The van der Waals surface area contributed by atoms with E-state index in [1.807, 2.05) is 0 Å². The Bertz CT molecular complexity index is 313. The van der Waals surface area contributed by atoms with Crippen LogP contribution in [0.5, 0.6) is 0 Å². The third-order valence-corrected chi connectivity index (χ3v) is 3.24. The lowest BCUT2D eigenvalue weighted by atomic mass is 9.70. The number of nitrogens with zero attached hydrogens (tertiary/aromatic N) is 4. The zero-order valence-corrected chi connectivity index (χ0v) is 8.99. The van der Waals surface area contributed by atoms with Gasteiger partial charge in [0.25, 0.3) is 0 Å². The van der Waals surface area contributed by atoms with Gasteiger partial charge in [-0.1, -0.05) is 13.8 Å². The molecule has 78 valence electrons. The summed E-state index contributed by atoms with van der Waals surface area (Å²) < 4.78 is 0. The molecule has 1 aromatic rings. The third kappa shape index (κ3) is 1.52. The molecule has 1 fully saturated rings. The van der Waals surface area contributed by atoms with Crippen molar-refractivity contribution in [3.05, 3.63) is 5.82 Å². The molecule has 5 heteroatoms. The van der Waals surface area contributed by atoms with Gasteiger partial charge in [0.15, 0.2) is 5.82 Å². The molecule has 0 bridgehead atoms. The molecule has 0 spiro atoms. The van der Waals surface area contributed by atoms with Gasteiger partial charge >= 0.3 is 0 Å². The van der Waals surface area contributed by atoms with E-state index >= 15 is 0 Å². The summed E-state index contributed by atoms with van der Waals surface area (Å²) in [6, 6.07) is 0. The number of nitrogens with one attached hydrogen (secondary N) is 1. The van der Waals surface area contributed by atoms with Gasteiger partial charge in [-0.05, 0) is 11.1 Å². The number of aryl methyl sites for hydroxylation is 1. The van der Waals surface area contributed by atoms with Crippen LogP contribution in [0.25, 0.3) is 0 Å². The lowest BCUT2D eigenvalue weighted by Crippen LogP contribution is -2.57. The van der Waals surface area contributed by atoms with Crippen molar-refractivity contribution in [1.82, 2.24) is 25.5 Å². The van der Waals surface area contributed by atoms with Crippen LogP contribution in [-0.4, -0.2) is 33.3 Å². The topological polar surface area (TPSA) is 55.6 Å². The highest BCUT2D eigenvalue weighted by molar-refractivity contribution is 5.00. The van der Waals surface area contributed by atoms with Gasteiger partial charge in [-0.2, -0.15) is 4.80 Å². The highest BCUT2D eigenvalue weighted by atomic mass is 15.6. The number of hydrogen-bond acceptors (Lipinski definition) is 4. The highest BCUT2D eigenvalue weighted by Gasteiger charge is 2.40. The quantitative estimate of drug-likeness (QED) is 0.737. The van der Waals surface area contributed by atoms with Crippen molar-refractivity contribution in [3.63, 3.8) is 0 Å². The average molecular weight is 195 g/mol. The molecule has 0 aliphatic carbocycles. The third-order valence-electron chi connectivity index (χ3n) is 3.24. The minimum absolute atomic E-state index is 0.350. The number of aromatic nitrogens is 4. The summed E-state index contributed by atoms with van der Waals surface area (Å²) in [5, 5.41) is 15.4. The molecular weight excluding hydrogens is 178 g/mol. The Morgan fingerprint density at radius 3 is 2.57 bits per heavy atom. The van der Waals surface area contributed by atoms with Gasteiger partial charge in [-0.25, -0.2) is 0 Å². The number of tetrazole rings is 1. The lowest BCUT2D eigenvalue weighted by Gasteiger charge is -2.45. The average Bonchev–Trinajstić information content (AvgIpc) is 2.43. The maximum Gasteiger partial charge on any atom is 0.175 e. The van der Waals surface area contributed by atoms with Crippen LogP contribution in [0.2, 0.25) is 0 Å². The smallest absolute Gasteiger partial charge is 0.175 e. The SMILES string of the molecule is CC(C)C1(Cc2nnn(C)n2)CNC1. The molecular formula is C9H17N5. The Balaban J connectivity index is 2.08. The van der Waals surface area contributed by atoms with Crippen LogP contribution in [0.1, 0.15) is 19.7 Å². The van der Waals surface area contributed by atoms with Gasteiger partial charge in [0.05, 0.1) is 7.05 Å². The second-order valence-corrected chi connectivity index (χ2v) is 4.49. The van der Waals surface area contributed by atoms with Crippen molar-refractivity contribution in [3.8, 4) is 0 Å². The summed E-state index contributed by atoms with van der Waals surface area (Å²) in [7, 11) is 1.80. The maximum atomic E-state index is 4.23. The Morgan fingerprint density at radius 2 is 2.21 bits per heavy atom. The van der Waals surface area contributed by atoms with E-state index in [1.165, 1.54) is 4.80 Å². The van der Waals surface area contributed by atoms with E-state index in [-0.39, 0.29) is 0 Å². The molecule has 5 nitrogen and oxygen atoms in total. The summed E-state index contributed by atoms with van der Waals surface area (Å²) >= 11 is 0.